The van der Waals surface area contributed by atoms with Crippen molar-refractivity contribution in [2.45, 2.75) is 13.0 Å². The molecule has 0 fully saturated rings. The van der Waals surface area contributed by atoms with E-state index in [1.54, 1.807) is 14.2 Å². The SMILES string of the molecule is CN=C(N)NC[C@@H](C)Oc1cccc(OC)c1. The molecule has 5 heteroatoms. The second kappa shape index (κ2) is 6.62. The monoisotopic (exact) mass is 237 g/mol. The van der Waals surface area contributed by atoms with Crippen LogP contribution in [0.4, 0.5) is 0 Å². The van der Waals surface area contributed by atoms with Crippen LogP contribution in [0.5, 0.6) is 11.5 Å². The Kier molecular flexibility index (Phi) is 5.13. The normalized spacial score (nSPS) is 13.0. The van der Waals surface area contributed by atoms with Gasteiger partial charge >= 0.3 is 0 Å². The largest absolute Gasteiger partial charge is 0.497 e. The molecule has 0 aliphatic heterocycles. The smallest absolute Gasteiger partial charge is 0.188 e. The number of nitrogens with two attached hydrogens (primary N) is 1. The van der Waals surface area contributed by atoms with Gasteiger partial charge in [-0.15, -0.1) is 0 Å². The molecular weight excluding hydrogens is 218 g/mol. The summed E-state index contributed by atoms with van der Waals surface area (Å²) in [7, 11) is 3.26. The fourth-order valence-electron chi connectivity index (χ4n) is 1.28. The maximum Gasteiger partial charge on any atom is 0.188 e. The third kappa shape index (κ3) is 4.63. The van der Waals surface area contributed by atoms with E-state index in [9.17, 15) is 0 Å². The van der Waals surface area contributed by atoms with Crippen LogP contribution in [0.1, 0.15) is 6.92 Å². The van der Waals surface area contributed by atoms with Crippen LogP contribution in [-0.4, -0.2) is 32.8 Å². The van der Waals surface area contributed by atoms with Crippen molar-refractivity contribution >= 4 is 5.96 Å². The minimum atomic E-state index is -0.0117. The van der Waals surface area contributed by atoms with Crippen LogP contribution < -0.4 is 20.5 Å². The first kappa shape index (κ1) is 13.2. The van der Waals surface area contributed by atoms with E-state index in [0.29, 0.717) is 12.5 Å². The van der Waals surface area contributed by atoms with Crippen molar-refractivity contribution in [3.8, 4) is 11.5 Å². The average Bonchev–Trinajstić information content (AvgIpc) is 2.36. The lowest BCUT2D eigenvalue weighted by Crippen LogP contribution is -2.38. The molecule has 1 atom stereocenters. The van der Waals surface area contributed by atoms with Crippen molar-refractivity contribution < 1.29 is 9.47 Å². The topological polar surface area (TPSA) is 68.9 Å². The Morgan fingerprint density at radius 2 is 2.18 bits per heavy atom. The quantitative estimate of drug-likeness (QED) is 0.592. The number of aliphatic imine (C=N–C) groups is 1. The van der Waals surface area contributed by atoms with E-state index in [1.165, 1.54) is 0 Å². The summed E-state index contributed by atoms with van der Waals surface area (Å²) in [5.74, 6) is 1.95. The molecule has 0 aliphatic rings. The lowest BCUT2D eigenvalue weighted by Gasteiger charge is -2.16. The molecule has 3 N–H and O–H groups in total. The van der Waals surface area contributed by atoms with Gasteiger partial charge in [0.15, 0.2) is 5.96 Å². The maximum absolute atomic E-state index is 5.70. The lowest BCUT2D eigenvalue weighted by molar-refractivity contribution is 0.223. The van der Waals surface area contributed by atoms with Gasteiger partial charge < -0.3 is 20.5 Å². The van der Waals surface area contributed by atoms with Gasteiger partial charge in [-0.2, -0.15) is 0 Å². The molecule has 0 saturated heterocycles. The summed E-state index contributed by atoms with van der Waals surface area (Å²) in [6.07, 6.45) is -0.0117. The molecule has 0 amide bonds. The molecule has 0 saturated carbocycles. The molecular formula is C12H19N3O2. The van der Waals surface area contributed by atoms with E-state index in [2.05, 4.69) is 10.3 Å². The zero-order valence-electron chi connectivity index (χ0n) is 10.4. The third-order valence-electron chi connectivity index (χ3n) is 2.19. The standard InChI is InChI=1S/C12H19N3O2/c1-9(8-15-12(13)14-2)17-11-6-4-5-10(7-11)16-3/h4-7,9H,8H2,1-3H3,(H3,13,14,15)/t9-/m1/s1. The highest BCUT2D eigenvalue weighted by atomic mass is 16.5. The number of benzene rings is 1. The molecule has 0 aromatic heterocycles. The van der Waals surface area contributed by atoms with Crippen molar-refractivity contribution in [1.82, 2.24) is 5.32 Å². The van der Waals surface area contributed by atoms with Gasteiger partial charge in [0.2, 0.25) is 0 Å². The van der Waals surface area contributed by atoms with Crippen LogP contribution in [0.25, 0.3) is 0 Å². The van der Waals surface area contributed by atoms with Crippen molar-refractivity contribution in [2.24, 2.45) is 10.7 Å². The average molecular weight is 237 g/mol. The number of guanidine groups is 1. The van der Waals surface area contributed by atoms with E-state index < -0.39 is 0 Å². The zero-order chi connectivity index (χ0) is 12.7. The van der Waals surface area contributed by atoms with Gasteiger partial charge in [-0.3, -0.25) is 4.99 Å². The predicted octanol–water partition coefficient (Wildman–Crippen LogP) is 0.997. The van der Waals surface area contributed by atoms with Gasteiger partial charge in [0.1, 0.15) is 17.6 Å². The Balaban J connectivity index is 2.47. The summed E-state index contributed by atoms with van der Waals surface area (Å²) in [5, 5.41) is 2.95. The summed E-state index contributed by atoms with van der Waals surface area (Å²) in [4.78, 5) is 3.80. The van der Waals surface area contributed by atoms with Crippen LogP contribution >= 0.6 is 0 Å². The molecule has 1 aromatic carbocycles. The molecule has 0 spiro atoms. The molecule has 1 rings (SSSR count). The first-order valence-corrected chi connectivity index (χ1v) is 5.42. The Morgan fingerprint density at radius 1 is 1.47 bits per heavy atom. The summed E-state index contributed by atoms with van der Waals surface area (Å²) in [6.45, 7) is 2.55. The van der Waals surface area contributed by atoms with Gasteiger partial charge in [-0.25, -0.2) is 0 Å². The number of rotatable bonds is 5. The minimum Gasteiger partial charge on any atom is -0.497 e. The van der Waals surface area contributed by atoms with Crippen LogP contribution in [0.15, 0.2) is 29.3 Å². The van der Waals surface area contributed by atoms with E-state index in [4.69, 9.17) is 15.2 Å². The minimum absolute atomic E-state index is 0.0117. The number of ether oxygens (including phenoxy) is 2. The molecule has 0 radical (unpaired) electrons. The number of hydrogen-bond donors (Lipinski definition) is 2. The summed E-state index contributed by atoms with van der Waals surface area (Å²) < 4.78 is 10.8. The van der Waals surface area contributed by atoms with Gasteiger partial charge in [-0.05, 0) is 19.1 Å². The Bertz CT molecular complexity index is 380. The molecule has 0 heterocycles. The molecule has 94 valence electrons. The highest BCUT2D eigenvalue weighted by Gasteiger charge is 2.04. The fraction of sp³-hybridized carbons (Fsp3) is 0.417. The molecule has 17 heavy (non-hydrogen) atoms. The molecule has 0 bridgehead atoms. The summed E-state index contributed by atoms with van der Waals surface area (Å²) >= 11 is 0. The first-order chi connectivity index (χ1) is 8.15. The fourth-order valence-corrected chi connectivity index (χ4v) is 1.28. The summed E-state index contributed by atoms with van der Waals surface area (Å²) in [5.41, 5.74) is 5.52. The number of hydrogen-bond acceptors (Lipinski definition) is 3. The molecule has 0 unspecified atom stereocenters. The van der Waals surface area contributed by atoms with Crippen LogP contribution in [0.3, 0.4) is 0 Å². The number of nitrogens with zero attached hydrogens (tertiary/aromatic N) is 1. The maximum atomic E-state index is 5.70. The summed E-state index contributed by atoms with van der Waals surface area (Å²) in [6, 6.07) is 7.48. The van der Waals surface area contributed by atoms with Crippen LogP contribution in [-0.2, 0) is 0 Å². The second-order valence-electron chi connectivity index (χ2n) is 3.60. The van der Waals surface area contributed by atoms with Crippen molar-refractivity contribution in [1.29, 1.82) is 0 Å². The van der Waals surface area contributed by atoms with Gasteiger partial charge in [0.25, 0.3) is 0 Å². The third-order valence-corrected chi connectivity index (χ3v) is 2.19. The number of nitrogens with one attached hydrogen (secondary N) is 1. The lowest BCUT2D eigenvalue weighted by atomic mass is 10.3. The zero-order valence-corrected chi connectivity index (χ0v) is 10.4. The Hall–Kier alpha value is -1.91. The highest BCUT2D eigenvalue weighted by Crippen LogP contribution is 2.19. The molecule has 1 aromatic rings. The molecule has 5 nitrogen and oxygen atoms in total. The van der Waals surface area contributed by atoms with Crippen molar-refractivity contribution in [2.75, 3.05) is 20.7 Å². The predicted molar refractivity (Wildman–Crippen MR) is 68.6 cm³/mol. The van der Waals surface area contributed by atoms with E-state index >= 15 is 0 Å². The van der Waals surface area contributed by atoms with E-state index in [1.807, 2.05) is 31.2 Å². The Labute approximate surface area is 102 Å². The van der Waals surface area contributed by atoms with Crippen molar-refractivity contribution in [3.05, 3.63) is 24.3 Å². The van der Waals surface area contributed by atoms with E-state index in [0.717, 1.165) is 11.5 Å². The van der Waals surface area contributed by atoms with Crippen molar-refractivity contribution in [3.63, 3.8) is 0 Å². The van der Waals surface area contributed by atoms with Gasteiger partial charge in [0, 0.05) is 13.1 Å². The first-order valence-electron chi connectivity index (χ1n) is 5.42. The Morgan fingerprint density at radius 3 is 2.82 bits per heavy atom. The second-order valence-corrected chi connectivity index (χ2v) is 3.60. The molecule has 0 aliphatic carbocycles. The number of methoxy groups -OCH3 is 1. The van der Waals surface area contributed by atoms with Gasteiger partial charge in [-0.1, -0.05) is 6.07 Å². The van der Waals surface area contributed by atoms with Crippen LogP contribution in [0, 0.1) is 0 Å². The highest BCUT2D eigenvalue weighted by molar-refractivity contribution is 5.77. The van der Waals surface area contributed by atoms with Crippen LogP contribution in [0.2, 0.25) is 0 Å². The van der Waals surface area contributed by atoms with E-state index in [-0.39, 0.29) is 6.10 Å². The van der Waals surface area contributed by atoms with Gasteiger partial charge in [0.05, 0.1) is 13.7 Å².